The van der Waals surface area contributed by atoms with Crippen molar-refractivity contribution < 1.29 is 28.9 Å². The molecule has 15 heteroatoms. The van der Waals surface area contributed by atoms with Crippen LogP contribution in [0.25, 0.3) is 5.65 Å². The highest BCUT2D eigenvalue weighted by Crippen LogP contribution is 2.40. The van der Waals surface area contributed by atoms with Crippen LogP contribution in [0.2, 0.25) is 0 Å². The van der Waals surface area contributed by atoms with Crippen LogP contribution in [0.15, 0.2) is 40.3 Å². The molecule has 5 heterocycles. The first-order valence-electron chi connectivity index (χ1n) is 11.1. The number of hydrogen-bond acceptors (Lipinski definition) is 10. The molecule has 0 aromatic carbocycles. The molecule has 192 valence electrons. The molecule has 2 aliphatic heterocycles. The number of carboxylic acid groups (broad SMARTS) is 1. The number of carbonyl (C=O) groups excluding carboxylic acids is 2. The van der Waals surface area contributed by atoms with Crippen LogP contribution >= 0.6 is 23.1 Å². The number of oxime groups is 1. The van der Waals surface area contributed by atoms with Crippen molar-refractivity contribution in [2.45, 2.75) is 31.8 Å². The van der Waals surface area contributed by atoms with Crippen molar-refractivity contribution in [1.82, 2.24) is 24.6 Å². The van der Waals surface area contributed by atoms with Gasteiger partial charge >= 0.3 is 5.97 Å². The minimum Gasteiger partial charge on any atom is -0.477 e. The average Bonchev–Trinajstić information content (AvgIpc) is 3.46. The molecule has 13 nitrogen and oxygen atoms in total. The average molecular weight is 544 g/mol. The Morgan fingerprint density at radius 3 is 2.84 bits per heavy atom. The quantitative estimate of drug-likeness (QED) is 0.162. The van der Waals surface area contributed by atoms with Crippen molar-refractivity contribution in [3.05, 3.63) is 52.3 Å². The van der Waals surface area contributed by atoms with E-state index in [0.29, 0.717) is 11.3 Å². The van der Waals surface area contributed by atoms with E-state index in [1.165, 1.54) is 23.8 Å². The number of nitrogens with two attached hydrogens (primary N) is 1. The SMILES string of the molecule is CON=C(C(=O)N[C@@H]1C(=O)N2C(C(=O)O)=C(C[n+]3ccn4c(C)nc(C)cc43)CS[C@@H]12)c1csc(N)n1. The van der Waals surface area contributed by atoms with Gasteiger partial charge in [-0.3, -0.25) is 14.5 Å². The number of amides is 2. The van der Waals surface area contributed by atoms with E-state index >= 15 is 0 Å². The molecule has 0 radical (unpaired) electrons. The zero-order valence-corrected chi connectivity index (χ0v) is 21.7. The van der Waals surface area contributed by atoms with E-state index in [2.05, 4.69) is 20.4 Å². The van der Waals surface area contributed by atoms with Gasteiger partial charge in [-0.1, -0.05) is 5.16 Å². The number of β-lactam (4-membered cyclic amide) rings is 1. The lowest BCUT2D eigenvalue weighted by atomic mass is 10.0. The van der Waals surface area contributed by atoms with Gasteiger partial charge in [-0.2, -0.15) is 4.40 Å². The summed E-state index contributed by atoms with van der Waals surface area (Å²) in [5, 5.41) is 17.6. The van der Waals surface area contributed by atoms with Gasteiger partial charge in [-0.25, -0.2) is 19.3 Å². The number of anilines is 1. The second kappa shape index (κ2) is 9.48. The van der Waals surface area contributed by atoms with E-state index in [-0.39, 0.29) is 28.8 Å². The van der Waals surface area contributed by atoms with Crippen LogP contribution in [0.1, 0.15) is 17.2 Å². The van der Waals surface area contributed by atoms with Crippen molar-refractivity contribution >= 4 is 57.4 Å². The number of thiazole rings is 1. The highest BCUT2D eigenvalue weighted by molar-refractivity contribution is 8.00. The second-order valence-corrected chi connectivity index (χ2v) is 10.4. The van der Waals surface area contributed by atoms with Gasteiger partial charge in [0.25, 0.3) is 17.5 Å². The molecule has 3 aromatic heterocycles. The predicted molar refractivity (Wildman–Crippen MR) is 135 cm³/mol. The Morgan fingerprint density at radius 1 is 1.38 bits per heavy atom. The molecular weight excluding hydrogens is 520 g/mol. The van der Waals surface area contributed by atoms with E-state index in [4.69, 9.17) is 10.6 Å². The summed E-state index contributed by atoms with van der Waals surface area (Å²) in [7, 11) is 1.29. The molecule has 0 unspecified atom stereocenters. The standard InChI is InChI=1S/C22H22N8O5S2/c1-10-6-14-28(4-5-29(14)11(2)24-10)7-12-8-36-20-16(19(32)30(20)17(12)21(33)34)26-18(31)15(27-35-3)13-9-37-22(23)25-13/h4-6,9,16,20H,7-8H2,1-3H3,(H3-,23,25,26,31,33,34)/p+1/t16-,20+/m1/s1. The molecule has 0 aliphatic carbocycles. The highest BCUT2D eigenvalue weighted by Gasteiger charge is 2.54. The van der Waals surface area contributed by atoms with Crippen LogP contribution in [0.5, 0.6) is 0 Å². The van der Waals surface area contributed by atoms with Crippen molar-refractivity contribution in [1.29, 1.82) is 0 Å². The number of nitrogen functional groups attached to an aromatic ring is 1. The molecule has 4 N–H and O–H groups in total. The fraction of sp³-hybridized carbons (Fsp3) is 0.318. The van der Waals surface area contributed by atoms with Crippen molar-refractivity contribution in [2.75, 3.05) is 18.6 Å². The summed E-state index contributed by atoms with van der Waals surface area (Å²) in [5.74, 6) is -1.20. The van der Waals surface area contributed by atoms with Crippen molar-refractivity contribution in [2.24, 2.45) is 5.16 Å². The number of aromatic nitrogens is 4. The number of nitrogens with zero attached hydrogens (tertiary/aromatic N) is 6. The zero-order chi connectivity index (χ0) is 26.4. The van der Waals surface area contributed by atoms with E-state index in [0.717, 1.165) is 28.5 Å². The van der Waals surface area contributed by atoms with Crippen LogP contribution in [-0.2, 0) is 25.8 Å². The van der Waals surface area contributed by atoms with Crippen LogP contribution in [0.4, 0.5) is 5.13 Å². The molecule has 1 fully saturated rings. The molecule has 3 aromatic rings. The number of carboxylic acids is 1. The number of imidazole rings is 1. The minimum absolute atomic E-state index is 0.0633. The first-order chi connectivity index (χ1) is 17.7. The topological polar surface area (TPSA) is 168 Å². The summed E-state index contributed by atoms with van der Waals surface area (Å²) < 4.78 is 3.85. The van der Waals surface area contributed by atoms with Gasteiger partial charge in [0.15, 0.2) is 16.7 Å². The predicted octanol–water partition coefficient (Wildman–Crippen LogP) is 0.0666. The summed E-state index contributed by atoms with van der Waals surface area (Å²) in [4.78, 5) is 52.8. The molecule has 37 heavy (non-hydrogen) atoms. The number of rotatable bonds is 7. The maximum absolute atomic E-state index is 13.1. The van der Waals surface area contributed by atoms with E-state index in [9.17, 15) is 19.5 Å². The number of hydrogen-bond donors (Lipinski definition) is 3. The molecule has 1 saturated heterocycles. The minimum atomic E-state index is -1.20. The van der Waals surface area contributed by atoms with Gasteiger partial charge < -0.3 is 21.0 Å². The maximum Gasteiger partial charge on any atom is 0.352 e. The lowest BCUT2D eigenvalue weighted by molar-refractivity contribution is -0.662. The lowest BCUT2D eigenvalue weighted by Crippen LogP contribution is -2.71. The monoisotopic (exact) mass is 543 g/mol. The summed E-state index contributed by atoms with van der Waals surface area (Å²) >= 11 is 2.52. The Morgan fingerprint density at radius 2 is 2.16 bits per heavy atom. The lowest BCUT2D eigenvalue weighted by Gasteiger charge is -2.49. The molecule has 2 amide bonds. The van der Waals surface area contributed by atoms with Gasteiger partial charge in [0.2, 0.25) is 0 Å². The number of aliphatic carboxylic acids is 1. The second-order valence-electron chi connectivity index (χ2n) is 8.41. The third-order valence-corrected chi connectivity index (χ3v) is 8.03. The summed E-state index contributed by atoms with van der Waals surface area (Å²) in [6.45, 7) is 4.08. The van der Waals surface area contributed by atoms with Crippen LogP contribution in [0, 0.1) is 13.8 Å². The number of thioether (sulfide) groups is 1. The van der Waals surface area contributed by atoms with Crippen molar-refractivity contribution in [3.8, 4) is 0 Å². The summed E-state index contributed by atoms with van der Waals surface area (Å²) in [5.41, 5.74) is 7.98. The van der Waals surface area contributed by atoms with E-state index in [1.807, 2.05) is 41.3 Å². The van der Waals surface area contributed by atoms with Gasteiger partial charge in [-0.15, -0.1) is 23.1 Å². The maximum atomic E-state index is 13.1. The molecular formula is C22H23N8O5S2+. The molecule has 0 spiro atoms. The molecule has 0 bridgehead atoms. The van der Waals surface area contributed by atoms with E-state index in [1.54, 1.807) is 5.38 Å². The zero-order valence-electron chi connectivity index (χ0n) is 20.0. The largest absolute Gasteiger partial charge is 0.477 e. The van der Waals surface area contributed by atoms with E-state index < -0.39 is 29.2 Å². The molecule has 2 atom stereocenters. The van der Waals surface area contributed by atoms with Gasteiger partial charge in [0.1, 0.15) is 48.9 Å². The smallest absolute Gasteiger partial charge is 0.352 e. The number of aryl methyl sites for hydroxylation is 2. The Labute approximate surface area is 218 Å². The Bertz CT molecular complexity index is 1510. The summed E-state index contributed by atoms with van der Waals surface area (Å²) in [6.07, 6.45) is 3.72. The molecule has 0 saturated carbocycles. The Balaban J connectivity index is 1.39. The van der Waals surface area contributed by atoms with Crippen LogP contribution in [0.3, 0.4) is 0 Å². The first kappa shape index (κ1) is 24.7. The number of carbonyl (C=O) groups is 3. The van der Waals surface area contributed by atoms with Gasteiger partial charge in [0, 0.05) is 35.4 Å². The molecule has 5 rings (SSSR count). The van der Waals surface area contributed by atoms with Crippen LogP contribution < -0.4 is 15.6 Å². The first-order valence-corrected chi connectivity index (χ1v) is 13.0. The Kier molecular flexibility index (Phi) is 6.33. The number of fused-ring (bicyclic) bond motifs is 2. The van der Waals surface area contributed by atoms with Crippen LogP contribution in [-0.4, -0.2) is 72.1 Å². The highest BCUT2D eigenvalue weighted by atomic mass is 32.2. The summed E-state index contributed by atoms with van der Waals surface area (Å²) in [6, 6.07) is 0.994. The molecule has 2 aliphatic rings. The van der Waals surface area contributed by atoms with Gasteiger partial charge in [0.05, 0.1) is 0 Å². The van der Waals surface area contributed by atoms with Crippen molar-refractivity contribution in [3.63, 3.8) is 0 Å². The third kappa shape index (κ3) is 4.29. The fourth-order valence-electron chi connectivity index (χ4n) is 4.44. The number of nitrogens with one attached hydrogen (secondary N) is 1. The fourth-order valence-corrected chi connectivity index (χ4v) is 6.32. The normalized spacial score (nSPS) is 19.6. The third-order valence-electron chi connectivity index (χ3n) is 6.02. The Hall–Kier alpha value is -3.98. The van der Waals surface area contributed by atoms with Gasteiger partial charge in [-0.05, 0) is 6.92 Å².